The van der Waals surface area contributed by atoms with E-state index in [1.54, 1.807) is 19.1 Å². The minimum atomic E-state index is -0.791. The predicted molar refractivity (Wildman–Crippen MR) is 86.3 cm³/mol. The number of hydrogen-bond donors (Lipinski definition) is 1. The fraction of sp³-hybridized carbons (Fsp3) is 0.188. The summed E-state index contributed by atoms with van der Waals surface area (Å²) in [5.74, 6) is -0.459. The highest BCUT2D eigenvalue weighted by Crippen LogP contribution is 2.27. The monoisotopic (exact) mass is 341 g/mol. The molecule has 3 nitrogen and oxygen atoms in total. The Hall–Kier alpha value is -1.78. The van der Waals surface area contributed by atoms with Crippen LogP contribution in [-0.4, -0.2) is 12.0 Å². The number of hydrogen-bond acceptors (Lipinski definition) is 2. The van der Waals surface area contributed by atoms with Crippen LogP contribution in [0, 0.1) is 12.7 Å². The van der Waals surface area contributed by atoms with Crippen LogP contribution in [0.3, 0.4) is 0 Å². The Balaban J connectivity index is 2.07. The highest BCUT2D eigenvalue weighted by atomic mass is 35.5. The van der Waals surface area contributed by atoms with Crippen molar-refractivity contribution >= 4 is 34.8 Å². The summed E-state index contributed by atoms with van der Waals surface area (Å²) < 4.78 is 18.5. The molecule has 0 aliphatic heterocycles. The molecular formula is C16H14Cl2FNO2. The summed E-state index contributed by atoms with van der Waals surface area (Å²) in [7, 11) is 0. The van der Waals surface area contributed by atoms with E-state index >= 15 is 0 Å². The van der Waals surface area contributed by atoms with Crippen LogP contribution in [0.25, 0.3) is 0 Å². The first-order chi connectivity index (χ1) is 10.4. The molecule has 2 aromatic rings. The van der Waals surface area contributed by atoms with E-state index in [2.05, 4.69) is 5.32 Å². The molecule has 1 N–H and O–H groups in total. The zero-order valence-electron chi connectivity index (χ0n) is 12.0. The first-order valence-corrected chi connectivity index (χ1v) is 7.31. The summed E-state index contributed by atoms with van der Waals surface area (Å²) in [6.07, 6.45) is -0.791. The molecular weight excluding hydrogens is 328 g/mol. The smallest absolute Gasteiger partial charge is 0.265 e. The lowest BCUT2D eigenvalue weighted by Crippen LogP contribution is -2.30. The molecule has 1 atom stereocenters. The number of ether oxygens (including phenoxy) is 1. The van der Waals surface area contributed by atoms with Gasteiger partial charge >= 0.3 is 0 Å². The second kappa shape index (κ2) is 6.99. The predicted octanol–water partition coefficient (Wildman–Crippen LogP) is 4.85. The van der Waals surface area contributed by atoms with Gasteiger partial charge in [-0.3, -0.25) is 4.79 Å². The van der Waals surface area contributed by atoms with E-state index in [-0.39, 0.29) is 5.02 Å². The molecule has 0 heterocycles. The molecule has 1 amide bonds. The third-order valence-electron chi connectivity index (χ3n) is 2.95. The van der Waals surface area contributed by atoms with E-state index in [4.69, 9.17) is 27.9 Å². The highest BCUT2D eigenvalue weighted by molar-refractivity contribution is 6.33. The molecule has 0 bridgehead atoms. The normalized spacial score (nSPS) is 11.9. The molecule has 0 saturated carbocycles. The van der Waals surface area contributed by atoms with Crippen molar-refractivity contribution in [3.63, 3.8) is 0 Å². The number of carbonyl (C=O) groups excluding carboxylic acids is 1. The number of carbonyl (C=O) groups is 1. The molecule has 0 aromatic heterocycles. The van der Waals surface area contributed by atoms with Gasteiger partial charge in [-0.25, -0.2) is 4.39 Å². The Bertz CT molecular complexity index is 707. The van der Waals surface area contributed by atoms with Crippen LogP contribution in [0.4, 0.5) is 10.1 Å². The van der Waals surface area contributed by atoms with Crippen molar-refractivity contribution in [1.29, 1.82) is 0 Å². The fourth-order valence-electron chi connectivity index (χ4n) is 1.77. The Morgan fingerprint density at radius 3 is 2.59 bits per heavy atom. The number of aryl methyl sites for hydroxylation is 1. The van der Waals surface area contributed by atoms with Crippen molar-refractivity contribution in [2.45, 2.75) is 20.0 Å². The Morgan fingerprint density at radius 2 is 1.91 bits per heavy atom. The molecule has 22 heavy (non-hydrogen) atoms. The van der Waals surface area contributed by atoms with Crippen molar-refractivity contribution in [1.82, 2.24) is 0 Å². The average molecular weight is 342 g/mol. The van der Waals surface area contributed by atoms with Crippen LogP contribution < -0.4 is 10.1 Å². The maximum Gasteiger partial charge on any atom is 0.265 e. The third kappa shape index (κ3) is 4.12. The molecule has 116 valence electrons. The zero-order chi connectivity index (χ0) is 16.3. The lowest BCUT2D eigenvalue weighted by Gasteiger charge is -2.16. The summed E-state index contributed by atoms with van der Waals surface area (Å²) in [5.41, 5.74) is 1.28. The lowest BCUT2D eigenvalue weighted by molar-refractivity contribution is -0.122. The van der Waals surface area contributed by atoms with Crippen LogP contribution in [0.2, 0.25) is 10.0 Å². The van der Waals surface area contributed by atoms with Gasteiger partial charge in [0.25, 0.3) is 5.91 Å². The van der Waals surface area contributed by atoms with E-state index in [9.17, 15) is 9.18 Å². The molecule has 0 fully saturated rings. The van der Waals surface area contributed by atoms with Crippen molar-refractivity contribution in [2.75, 3.05) is 5.32 Å². The first kappa shape index (κ1) is 16.6. The van der Waals surface area contributed by atoms with Gasteiger partial charge < -0.3 is 10.1 Å². The molecule has 2 rings (SSSR count). The number of nitrogens with one attached hydrogen (secondary N) is 1. The molecule has 0 radical (unpaired) electrons. The molecule has 6 heteroatoms. The number of anilines is 1. The van der Waals surface area contributed by atoms with Crippen molar-refractivity contribution in [3.05, 3.63) is 57.8 Å². The average Bonchev–Trinajstić information content (AvgIpc) is 2.45. The van der Waals surface area contributed by atoms with Gasteiger partial charge in [0.15, 0.2) is 6.10 Å². The molecule has 1 unspecified atom stereocenters. The first-order valence-electron chi connectivity index (χ1n) is 6.55. The van der Waals surface area contributed by atoms with E-state index in [0.717, 1.165) is 11.6 Å². The van der Waals surface area contributed by atoms with Crippen molar-refractivity contribution in [2.24, 2.45) is 0 Å². The van der Waals surface area contributed by atoms with E-state index in [1.807, 2.05) is 13.0 Å². The SMILES string of the molecule is Cc1ccc(Cl)c(OC(C)C(=O)Nc2ccc(F)cc2Cl)c1. The van der Waals surface area contributed by atoms with Gasteiger partial charge in [-0.05, 0) is 49.7 Å². The summed E-state index contributed by atoms with van der Waals surface area (Å²) >= 11 is 11.9. The standard InChI is InChI=1S/C16H14Cl2FNO2/c1-9-3-5-12(17)15(7-9)22-10(2)16(21)20-14-6-4-11(19)8-13(14)18/h3-8,10H,1-2H3,(H,20,21). The molecule has 0 aliphatic rings. The van der Waals surface area contributed by atoms with Crippen LogP contribution in [0.15, 0.2) is 36.4 Å². The van der Waals surface area contributed by atoms with E-state index in [1.165, 1.54) is 12.1 Å². The van der Waals surface area contributed by atoms with Gasteiger partial charge in [-0.2, -0.15) is 0 Å². The number of benzene rings is 2. The molecule has 0 aliphatic carbocycles. The summed E-state index contributed by atoms with van der Waals surface area (Å²) in [4.78, 5) is 12.1. The Labute approximate surface area is 138 Å². The fourth-order valence-corrected chi connectivity index (χ4v) is 2.15. The van der Waals surface area contributed by atoms with Crippen LogP contribution in [-0.2, 0) is 4.79 Å². The van der Waals surface area contributed by atoms with Crippen LogP contribution >= 0.6 is 23.2 Å². The van der Waals surface area contributed by atoms with Gasteiger partial charge in [0, 0.05) is 0 Å². The summed E-state index contributed by atoms with van der Waals surface area (Å²) in [5, 5.41) is 3.13. The maximum atomic E-state index is 13.0. The molecule has 2 aromatic carbocycles. The van der Waals surface area contributed by atoms with E-state index in [0.29, 0.717) is 16.5 Å². The topological polar surface area (TPSA) is 38.3 Å². The number of halogens is 3. The lowest BCUT2D eigenvalue weighted by atomic mass is 10.2. The Morgan fingerprint density at radius 1 is 1.18 bits per heavy atom. The minimum absolute atomic E-state index is 0.120. The number of rotatable bonds is 4. The van der Waals surface area contributed by atoms with Gasteiger partial charge in [-0.1, -0.05) is 29.3 Å². The van der Waals surface area contributed by atoms with Crippen molar-refractivity contribution < 1.29 is 13.9 Å². The van der Waals surface area contributed by atoms with Gasteiger partial charge in [-0.15, -0.1) is 0 Å². The third-order valence-corrected chi connectivity index (χ3v) is 3.57. The minimum Gasteiger partial charge on any atom is -0.479 e. The van der Waals surface area contributed by atoms with Crippen LogP contribution in [0.1, 0.15) is 12.5 Å². The molecule has 0 spiro atoms. The number of amides is 1. The maximum absolute atomic E-state index is 13.0. The highest BCUT2D eigenvalue weighted by Gasteiger charge is 2.17. The van der Waals surface area contributed by atoms with Gasteiger partial charge in [0.05, 0.1) is 15.7 Å². The summed E-state index contributed by atoms with van der Waals surface area (Å²) in [6, 6.07) is 9.02. The zero-order valence-corrected chi connectivity index (χ0v) is 13.5. The largest absolute Gasteiger partial charge is 0.479 e. The van der Waals surface area contributed by atoms with E-state index < -0.39 is 17.8 Å². The second-order valence-electron chi connectivity index (χ2n) is 4.81. The van der Waals surface area contributed by atoms with Crippen LogP contribution in [0.5, 0.6) is 5.75 Å². The Kier molecular flexibility index (Phi) is 5.27. The van der Waals surface area contributed by atoms with Crippen molar-refractivity contribution in [3.8, 4) is 5.75 Å². The van der Waals surface area contributed by atoms with Gasteiger partial charge in [0.1, 0.15) is 11.6 Å². The van der Waals surface area contributed by atoms with Gasteiger partial charge in [0.2, 0.25) is 0 Å². The molecule has 0 saturated heterocycles. The quantitative estimate of drug-likeness (QED) is 0.863. The summed E-state index contributed by atoms with van der Waals surface area (Å²) in [6.45, 7) is 3.48. The second-order valence-corrected chi connectivity index (χ2v) is 5.62.